The van der Waals surface area contributed by atoms with Crippen molar-refractivity contribution in [3.05, 3.63) is 83.9 Å². The van der Waals surface area contributed by atoms with Gasteiger partial charge in [-0.15, -0.1) is 0 Å². The second-order valence-corrected chi connectivity index (χ2v) is 5.92. The average molecular weight is 392 g/mol. The molecule has 29 heavy (non-hydrogen) atoms. The molecule has 0 aliphatic carbocycles. The first-order chi connectivity index (χ1) is 14.1. The molecule has 1 heterocycles. The molecule has 2 N–H and O–H groups in total. The Morgan fingerprint density at radius 3 is 2.34 bits per heavy atom. The second kappa shape index (κ2) is 9.27. The lowest BCUT2D eigenvalue weighted by Gasteiger charge is -2.13. The molecule has 0 saturated heterocycles. The van der Waals surface area contributed by atoms with Crippen LogP contribution in [0.15, 0.2) is 77.0 Å². The fourth-order valence-corrected chi connectivity index (χ4v) is 2.55. The first-order valence-corrected chi connectivity index (χ1v) is 8.75. The highest BCUT2D eigenvalue weighted by Gasteiger charge is 2.17. The number of methoxy groups -OCH3 is 2. The highest BCUT2D eigenvalue weighted by Crippen LogP contribution is 2.24. The number of nitrogens with one attached hydrogen (secondary N) is 2. The summed E-state index contributed by atoms with van der Waals surface area (Å²) in [5, 5.41) is 5.35. The van der Waals surface area contributed by atoms with Gasteiger partial charge >= 0.3 is 0 Å². The number of rotatable bonds is 7. The Balaban J connectivity index is 1.89. The predicted molar refractivity (Wildman–Crippen MR) is 109 cm³/mol. The Morgan fingerprint density at radius 2 is 1.69 bits per heavy atom. The molecule has 148 valence electrons. The molecule has 0 spiro atoms. The van der Waals surface area contributed by atoms with Crippen molar-refractivity contribution in [1.82, 2.24) is 5.32 Å². The van der Waals surface area contributed by atoms with Gasteiger partial charge in [0.25, 0.3) is 11.8 Å². The van der Waals surface area contributed by atoms with Crippen LogP contribution in [0.25, 0.3) is 6.08 Å². The molecule has 0 saturated carbocycles. The van der Waals surface area contributed by atoms with Gasteiger partial charge in [0.05, 0.1) is 26.2 Å². The molecule has 0 radical (unpaired) electrons. The number of amides is 2. The van der Waals surface area contributed by atoms with Gasteiger partial charge in [-0.2, -0.15) is 0 Å². The molecule has 7 nitrogen and oxygen atoms in total. The van der Waals surface area contributed by atoms with Gasteiger partial charge in [-0.25, -0.2) is 0 Å². The van der Waals surface area contributed by atoms with Gasteiger partial charge in [0.15, 0.2) is 5.76 Å². The Labute approximate surface area is 167 Å². The maximum absolute atomic E-state index is 12.9. The van der Waals surface area contributed by atoms with Crippen LogP contribution in [0.2, 0.25) is 0 Å². The highest BCUT2D eigenvalue weighted by atomic mass is 16.5. The van der Waals surface area contributed by atoms with E-state index in [9.17, 15) is 9.59 Å². The lowest BCUT2D eigenvalue weighted by atomic mass is 10.1. The van der Waals surface area contributed by atoms with Crippen molar-refractivity contribution in [2.45, 2.75) is 0 Å². The second-order valence-electron chi connectivity index (χ2n) is 5.92. The minimum atomic E-state index is -0.537. The molecular formula is C22H20N2O5. The molecule has 0 aliphatic rings. The number of carbonyl (C=O) groups excluding carboxylic acids is 2. The van der Waals surface area contributed by atoms with E-state index < -0.39 is 11.8 Å². The number of benzene rings is 2. The molecule has 0 unspecified atom stereocenters. The topological polar surface area (TPSA) is 89.8 Å². The molecule has 2 aromatic carbocycles. The third-order valence-corrected chi connectivity index (χ3v) is 4.02. The molecule has 3 aromatic rings. The SMILES string of the molecule is COc1ccc(/C=C(\NC(=O)c2ccco2)C(=O)Nc2ccccc2OC)cc1. The van der Waals surface area contributed by atoms with Gasteiger partial charge < -0.3 is 24.5 Å². The van der Waals surface area contributed by atoms with E-state index in [1.165, 1.54) is 19.4 Å². The largest absolute Gasteiger partial charge is 0.497 e. The minimum Gasteiger partial charge on any atom is -0.497 e. The number of furan rings is 1. The van der Waals surface area contributed by atoms with Crippen molar-refractivity contribution in [3.63, 3.8) is 0 Å². The minimum absolute atomic E-state index is 0.0440. The fourth-order valence-electron chi connectivity index (χ4n) is 2.55. The molecule has 3 rings (SSSR count). The zero-order chi connectivity index (χ0) is 20.6. The normalized spacial score (nSPS) is 10.9. The molecule has 2 amide bonds. The van der Waals surface area contributed by atoms with Crippen molar-refractivity contribution in [2.75, 3.05) is 19.5 Å². The lowest BCUT2D eigenvalue weighted by Crippen LogP contribution is -2.30. The van der Waals surface area contributed by atoms with Crippen LogP contribution in [0.5, 0.6) is 11.5 Å². The third-order valence-electron chi connectivity index (χ3n) is 4.02. The molecule has 1 aromatic heterocycles. The Hall–Kier alpha value is -4.00. The summed E-state index contributed by atoms with van der Waals surface area (Å²) in [6.07, 6.45) is 2.95. The lowest BCUT2D eigenvalue weighted by molar-refractivity contribution is -0.113. The Morgan fingerprint density at radius 1 is 0.931 bits per heavy atom. The zero-order valence-corrected chi connectivity index (χ0v) is 16.0. The molecule has 7 heteroatoms. The van der Waals surface area contributed by atoms with E-state index in [1.54, 1.807) is 67.8 Å². The van der Waals surface area contributed by atoms with Gasteiger partial charge in [-0.3, -0.25) is 9.59 Å². The summed E-state index contributed by atoms with van der Waals surface area (Å²) in [5.74, 6) is 0.231. The predicted octanol–water partition coefficient (Wildman–Crippen LogP) is 3.71. The number of carbonyl (C=O) groups is 2. The maximum atomic E-state index is 12.9. The smallest absolute Gasteiger partial charge is 0.291 e. The Kier molecular flexibility index (Phi) is 6.32. The van der Waals surface area contributed by atoms with E-state index in [2.05, 4.69) is 10.6 Å². The van der Waals surface area contributed by atoms with Crippen LogP contribution in [-0.2, 0) is 4.79 Å². The van der Waals surface area contributed by atoms with Crippen LogP contribution in [0.1, 0.15) is 16.1 Å². The summed E-state index contributed by atoms with van der Waals surface area (Å²) in [6.45, 7) is 0. The number of hydrogen-bond donors (Lipinski definition) is 2. The van der Waals surface area contributed by atoms with Crippen LogP contribution in [0, 0.1) is 0 Å². The van der Waals surface area contributed by atoms with Crippen molar-refractivity contribution in [3.8, 4) is 11.5 Å². The van der Waals surface area contributed by atoms with Gasteiger partial charge in [0.2, 0.25) is 0 Å². The molecule has 0 atom stereocenters. The van der Waals surface area contributed by atoms with Gasteiger partial charge in [0.1, 0.15) is 17.2 Å². The molecular weight excluding hydrogens is 372 g/mol. The van der Waals surface area contributed by atoms with Gasteiger partial charge in [-0.05, 0) is 48.0 Å². The summed E-state index contributed by atoms with van der Waals surface area (Å²) in [4.78, 5) is 25.3. The summed E-state index contributed by atoms with van der Waals surface area (Å²) in [6, 6.07) is 17.2. The van der Waals surface area contributed by atoms with E-state index in [-0.39, 0.29) is 11.5 Å². The summed E-state index contributed by atoms with van der Waals surface area (Å²) in [7, 11) is 3.08. The van der Waals surface area contributed by atoms with Crippen molar-refractivity contribution < 1.29 is 23.5 Å². The first-order valence-electron chi connectivity index (χ1n) is 8.75. The fraction of sp³-hybridized carbons (Fsp3) is 0.0909. The van der Waals surface area contributed by atoms with Crippen LogP contribution >= 0.6 is 0 Å². The highest BCUT2D eigenvalue weighted by molar-refractivity contribution is 6.10. The van der Waals surface area contributed by atoms with Crippen LogP contribution < -0.4 is 20.1 Å². The molecule has 0 aliphatic heterocycles. The van der Waals surface area contributed by atoms with E-state index in [1.807, 2.05) is 0 Å². The number of ether oxygens (including phenoxy) is 2. The van der Waals surface area contributed by atoms with Crippen LogP contribution in [-0.4, -0.2) is 26.0 Å². The first kappa shape index (κ1) is 19.8. The van der Waals surface area contributed by atoms with Crippen LogP contribution in [0.3, 0.4) is 0 Å². The quantitative estimate of drug-likeness (QED) is 0.599. The van der Waals surface area contributed by atoms with E-state index in [0.29, 0.717) is 22.7 Å². The number of anilines is 1. The van der Waals surface area contributed by atoms with Gasteiger partial charge in [-0.1, -0.05) is 24.3 Å². The zero-order valence-electron chi connectivity index (χ0n) is 16.0. The summed E-state index contributed by atoms with van der Waals surface area (Å²) >= 11 is 0. The molecule has 0 fully saturated rings. The monoisotopic (exact) mass is 392 g/mol. The maximum Gasteiger partial charge on any atom is 0.291 e. The summed E-state index contributed by atoms with van der Waals surface area (Å²) in [5.41, 5.74) is 1.23. The van der Waals surface area contributed by atoms with Crippen molar-refractivity contribution >= 4 is 23.6 Å². The Bertz CT molecular complexity index is 1010. The third kappa shape index (κ3) is 5.04. The van der Waals surface area contributed by atoms with Crippen molar-refractivity contribution in [1.29, 1.82) is 0 Å². The number of para-hydroxylation sites is 2. The summed E-state index contributed by atoms with van der Waals surface area (Å²) < 4.78 is 15.5. The standard InChI is InChI=1S/C22H20N2O5/c1-27-16-11-9-15(10-12-16)14-18(24-22(26)20-8-5-13-29-20)21(25)23-17-6-3-4-7-19(17)28-2/h3-14H,1-2H3,(H,23,25)(H,24,26)/b18-14-. The van der Waals surface area contributed by atoms with Crippen molar-refractivity contribution in [2.24, 2.45) is 0 Å². The van der Waals surface area contributed by atoms with Gasteiger partial charge in [0, 0.05) is 0 Å². The van der Waals surface area contributed by atoms with E-state index >= 15 is 0 Å². The van der Waals surface area contributed by atoms with E-state index in [4.69, 9.17) is 13.9 Å². The van der Waals surface area contributed by atoms with Crippen LogP contribution in [0.4, 0.5) is 5.69 Å². The molecule has 0 bridgehead atoms. The average Bonchev–Trinajstić information content (AvgIpc) is 3.29. The van der Waals surface area contributed by atoms with E-state index in [0.717, 1.165) is 0 Å². The number of hydrogen-bond acceptors (Lipinski definition) is 5.